The third-order valence-electron chi connectivity index (χ3n) is 8.41. The smallest absolute Gasteiger partial charge is 0.408 e. The maximum Gasteiger partial charge on any atom is 0.408 e. The van der Waals surface area contributed by atoms with Crippen molar-refractivity contribution < 1.29 is 14.7 Å². The highest BCUT2D eigenvalue weighted by molar-refractivity contribution is 5.94. The van der Waals surface area contributed by atoms with E-state index in [1.165, 1.54) is 37.9 Å². The van der Waals surface area contributed by atoms with Crippen molar-refractivity contribution >= 4 is 17.7 Å². The van der Waals surface area contributed by atoms with E-state index in [-0.39, 0.29) is 24.0 Å². The maximum absolute atomic E-state index is 12.6. The molecule has 3 aliphatic rings. The maximum atomic E-state index is 12.6. The van der Waals surface area contributed by atoms with Crippen LogP contribution >= 0.6 is 0 Å². The van der Waals surface area contributed by atoms with Gasteiger partial charge in [0.15, 0.2) is 0 Å². The number of likely N-dealkylation sites (tertiary alicyclic amines) is 1. The lowest BCUT2D eigenvalue weighted by Crippen LogP contribution is -2.49. The van der Waals surface area contributed by atoms with Crippen molar-refractivity contribution in [2.24, 2.45) is 0 Å². The first-order chi connectivity index (χ1) is 17.4. The van der Waals surface area contributed by atoms with E-state index >= 15 is 0 Å². The highest BCUT2D eigenvalue weighted by Gasteiger charge is 2.40. The Labute approximate surface area is 214 Å². The molecule has 6 nitrogen and oxygen atoms in total. The molecule has 0 bridgehead atoms. The van der Waals surface area contributed by atoms with Gasteiger partial charge in [-0.05, 0) is 86.5 Å². The fourth-order valence-electron chi connectivity index (χ4n) is 6.66. The van der Waals surface area contributed by atoms with Gasteiger partial charge in [-0.15, -0.1) is 0 Å². The number of carboxylic acid groups (broad SMARTS) is 1. The molecule has 5 rings (SSSR count). The molecule has 1 N–H and O–H groups in total. The van der Waals surface area contributed by atoms with Crippen molar-refractivity contribution in [1.82, 2.24) is 9.80 Å². The Morgan fingerprint density at radius 1 is 0.944 bits per heavy atom. The van der Waals surface area contributed by atoms with Crippen LogP contribution in [0.2, 0.25) is 0 Å². The van der Waals surface area contributed by atoms with Gasteiger partial charge >= 0.3 is 6.09 Å². The SMILES string of the molecule is CC(=O)N1c2ccc(-c3ccc(CN4CCCCC4)cc3)cc2[C@H](N(C(=O)O)C2CCCC2)C[C@@H]1C. The Kier molecular flexibility index (Phi) is 7.33. The van der Waals surface area contributed by atoms with E-state index in [9.17, 15) is 14.7 Å². The van der Waals surface area contributed by atoms with Crippen LogP contribution < -0.4 is 4.90 Å². The normalized spacial score (nSPS) is 22.9. The van der Waals surface area contributed by atoms with Crippen LogP contribution in [-0.2, 0) is 11.3 Å². The summed E-state index contributed by atoms with van der Waals surface area (Å²) in [6.45, 7) is 6.98. The molecular formula is C30H39N3O3. The van der Waals surface area contributed by atoms with Crippen LogP contribution in [0.4, 0.5) is 10.5 Å². The molecule has 0 aromatic heterocycles. The second kappa shape index (κ2) is 10.6. The number of hydrogen-bond acceptors (Lipinski definition) is 3. The van der Waals surface area contributed by atoms with Gasteiger partial charge in [-0.3, -0.25) is 14.6 Å². The molecular weight excluding hydrogens is 450 g/mol. The highest BCUT2D eigenvalue weighted by Crippen LogP contribution is 2.44. The fourth-order valence-corrected chi connectivity index (χ4v) is 6.66. The molecule has 2 heterocycles. The van der Waals surface area contributed by atoms with Crippen molar-refractivity contribution in [3.63, 3.8) is 0 Å². The first-order valence-corrected chi connectivity index (χ1v) is 13.7. The molecule has 2 amide bonds. The molecule has 2 aromatic rings. The minimum absolute atomic E-state index is 0.000225. The van der Waals surface area contributed by atoms with Crippen LogP contribution in [0.15, 0.2) is 42.5 Å². The molecule has 0 radical (unpaired) electrons. The molecule has 36 heavy (non-hydrogen) atoms. The van der Waals surface area contributed by atoms with Crippen LogP contribution in [0.1, 0.15) is 82.4 Å². The largest absolute Gasteiger partial charge is 0.465 e. The number of rotatable bonds is 5. The highest BCUT2D eigenvalue weighted by atomic mass is 16.4. The van der Waals surface area contributed by atoms with Crippen LogP contribution in [0, 0.1) is 0 Å². The predicted molar refractivity (Wildman–Crippen MR) is 143 cm³/mol. The molecule has 2 atom stereocenters. The molecule has 0 unspecified atom stereocenters. The van der Waals surface area contributed by atoms with E-state index in [1.807, 2.05) is 17.9 Å². The summed E-state index contributed by atoms with van der Waals surface area (Å²) in [6.07, 6.45) is 7.68. The van der Waals surface area contributed by atoms with Gasteiger partial charge < -0.3 is 10.0 Å². The Balaban J connectivity index is 1.47. The quantitative estimate of drug-likeness (QED) is 0.524. The Hall–Kier alpha value is -2.86. The molecule has 1 aliphatic carbocycles. The molecule has 1 saturated heterocycles. The summed E-state index contributed by atoms with van der Waals surface area (Å²) in [5.41, 5.74) is 5.31. The number of nitrogens with zero attached hydrogens (tertiary/aromatic N) is 3. The summed E-state index contributed by atoms with van der Waals surface area (Å²) in [5, 5.41) is 10.3. The average molecular weight is 490 g/mol. The van der Waals surface area contributed by atoms with Gasteiger partial charge in [-0.25, -0.2) is 4.79 Å². The second-order valence-electron chi connectivity index (χ2n) is 10.9. The molecule has 6 heteroatoms. The Bertz CT molecular complexity index is 1090. The summed E-state index contributed by atoms with van der Waals surface area (Å²) < 4.78 is 0. The van der Waals surface area contributed by atoms with Crippen molar-refractivity contribution in [1.29, 1.82) is 0 Å². The molecule has 2 aromatic carbocycles. The number of carbonyl (C=O) groups excluding carboxylic acids is 1. The molecule has 0 spiro atoms. The Morgan fingerprint density at radius 3 is 2.25 bits per heavy atom. The van der Waals surface area contributed by atoms with E-state index in [0.29, 0.717) is 6.42 Å². The van der Waals surface area contributed by atoms with E-state index < -0.39 is 6.09 Å². The first-order valence-electron chi connectivity index (χ1n) is 13.7. The summed E-state index contributed by atoms with van der Waals surface area (Å²) >= 11 is 0. The van der Waals surface area contributed by atoms with Crippen LogP contribution in [0.5, 0.6) is 0 Å². The number of amides is 2. The van der Waals surface area contributed by atoms with Crippen molar-refractivity contribution in [3.05, 3.63) is 53.6 Å². The predicted octanol–water partition coefficient (Wildman–Crippen LogP) is 6.45. The van der Waals surface area contributed by atoms with Gasteiger partial charge in [-0.1, -0.05) is 49.6 Å². The lowest BCUT2D eigenvalue weighted by molar-refractivity contribution is -0.117. The summed E-state index contributed by atoms with van der Waals surface area (Å²) in [4.78, 5) is 31.2. The minimum atomic E-state index is -0.853. The number of benzene rings is 2. The van der Waals surface area contributed by atoms with E-state index in [0.717, 1.165) is 54.6 Å². The summed E-state index contributed by atoms with van der Waals surface area (Å²) in [5.74, 6) is -0.000225. The summed E-state index contributed by atoms with van der Waals surface area (Å²) in [6, 6.07) is 14.8. The average Bonchev–Trinajstić information content (AvgIpc) is 3.39. The minimum Gasteiger partial charge on any atom is -0.465 e. The van der Waals surface area contributed by atoms with Crippen molar-refractivity contribution in [2.45, 2.75) is 89.9 Å². The third-order valence-corrected chi connectivity index (χ3v) is 8.41. The number of carbonyl (C=O) groups is 2. The van der Waals surface area contributed by atoms with Crippen molar-refractivity contribution in [3.8, 4) is 11.1 Å². The topological polar surface area (TPSA) is 64.1 Å². The summed E-state index contributed by atoms with van der Waals surface area (Å²) in [7, 11) is 0. The fraction of sp³-hybridized carbons (Fsp3) is 0.533. The zero-order valence-electron chi connectivity index (χ0n) is 21.7. The molecule has 2 fully saturated rings. The van der Waals surface area contributed by atoms with Gasteiger partial charge in [-0.2, -0.15) is 0 Å². The number of piperidine rings is 1. The molecule has 1 saturated carbocycles. The van der Waals surface area contributed by atoms with E-state index in [1.54, 1.807) is 11.8 Å². The lowest BCUT2D eigenvalue weighted by Gasteiger charge is -2.44. The number of fused-ring (bicyclic) bond motifs is 1. The van der Waals surface area contributed by atoms with Gasteiger partial charge in [0.05, 0.1) is 6.04 Å². The monoisotopic (exact) mass is 489 g/mol. The van der Waals surface area contributed by atoms with Gasteiger partial charge in [0.2, 0.25) is 5.91 Å². The Morgan fingerprint density at radius 2 is 1.61 bits per heavy atom. The van der Waals surface area contributed by atoms with Gasteiger partial charge in [0.1, 0.15) is 0 Å². The second-order valence-corrected chi connectivity index (χ2v) is 10.9. The number of hydrogen-bond donors (Lipinski definition) is 1. The van der Waals surface area contributed by atoms with Gasteiger partial charge in [0, 0.05) is 31.2 Å². The lowest BCUT2D eigenvalue weighted by atomic mass is 9.87. The van der Waals surface area contributed by atoms with E-state index in [2.05, 4.69) is 41.3 Å². The zero-order valence-corrected chi connectivity index (χ0v) is 21.7. The molecule has 192 valence electrons. The number of anilines is 1. The molecule has 2 aliphatic heterocycles. The first kappa shape index (κ1) is 24.8. The van der Waals surface area contributed by atoms with Crippen LogP contribution in [-0.4, -0.2) is 52.1 Å². The van der Waals surface area contributed by atoms with Crippen LogP contribution in [0.25, 0.3) is 11.1 Å². The third kappa shape index (κ3) is 5.01. The van der Waals surface area contributed by atoms with Crippen molar-refractivity contribution in [2.75, 3.05) is 18.0 Å². The zero-order chi connectivity index (χ0) is 25.2. The van der Waals surface area contributed by atoms with E-state index in [4.69, 9.17) is 0 Å². The van der Waals surface area contributed by atoms with Crippen LogP contribution in [0.3, 0.4) is 0 Å². The van der Waals surface area contributed by atoms with Gasteiger partial charge in [0.25, 0.3) is 0 Å². The standard InChI is InChI=1S/C30H39N3O3/c1-21-18-29(33(30(35)36)26-8-4-5-9-26)27-19-25(14-15-28(27)32(21)22(2)34)24-12-10-23(11-13-24)20-31-16-6-3-7-17-31/h10-15,19,21,26,29H,3-9,16-18,20H2,1-2H3,(H,35,36)/t21-,29+/m0/s1.